The first-order chi connectivity index (χ1) is 9.93. The lowest BCUT2D eigenvalue weighted by molar-refractivity contribution is 0.0975. The SMILES string of the molecule is N#CC(C(=O)c1ccc(Cl)cc1F)c1ccc(Cl)c(Cl)c1. The van der Waals surface area contributed by atoms with Crippen LogP contribution in [-0.4, -0.2) is 5.78 Å². The summed E-state index contributed by atoms with van der Waals surface area (Å²) in [6, 6.07) is 9.93. The summed E-state index contributed by atoms with van der Waals surface area (Å²) in [7, 11) is 0. The lowest BCUT2D eigenvalue weighted by Gasteiger charge is -2.10. The highest BCUT2D eigenvalue weighted by Gasteiger charge is 2.25. The highest BCUT2D eigenvalue weighted by atomic mass is 35.5. The zero-order valence-corrected chi connectivity index (χ0v) is 12.7. The predicted molar refractivity (Wildman–Crippen MR) is 80.6 cm³/mol. The molecule has 2 aromatic carbocycles. The lowest BCUT2D eigenvalue weighted by Crippen LogP contribution is -2.13. The summed E-state index contributed by atoms with van der Waals surface area (Å²) >= 11 is 17.3. The Kier molecular flexibility index (Phi) is 4.84. The van der Waals surface area contributed by atoms with E-state index in [1.807, 2.05) is 6.07 Å². The Labute approximate surface area is 135 Å². The molecule has 0 aromatic heterocycles. The van der Waals surface area contributed by atoms with Crippen molar-refractivity contribution in [3.63, 3.8) is 0 Å². The predicted octanol–water partition coefficient (Wildman–Crippen LogP) is 5.28. The van der Waals surface area contributed by atoms with Crippen LogP contribution in [0.2, 0.25) is 15.1 Å². The molecule has 0 fully saturated rings. The van der Waals surface area contributed by atoms with E-state index >= 15 is 0 Å². The average Bonchev–Trinajstić information content (AvgIpc) is 2.43. The van der Waals surface area contributed by atoms with Crippen LogP contribution in [0.1, 0.15) is 21.8 Å². The first kappa shape index (κ1) is 15.8. The minimum absolute atomic E-state index is 0.173. The number of ketones is 1. The van der Waals surface area contributed by atoms with E-state index in [0.717, 1.165) is 6.07 Å². The monoisotopic (exact) mass is 341 g/mol. The summed E-state index contributed by atoms with van der Waals surface area (Å²) in [4.78, 5) is 12.3. The number of Topliss-reactive ketones (excluding diaryl/α,β-unsaturated/α-hetero) is 1. The second kappa shape index (κ2) is 6.44. The van der Waals surface area contributed by atoms with Gasteiger partial charge in [-0.2, -0.15) is 5.26 Å². The van der Waals surface area contributed by atoms with E-state index in [1.54, 1.807) is 0 Å². The smallest absolute Gasteiger partial charge is 0.187 e. The maximum atomic E-state index is 13.8. The van der Waals surface area contributed by atoms with Gasteiger partial charge in [0.2, 0.25) is 0 Å². The highest BCUT2D eigenvalue weighted by Crippen LogP contribution is 2.29. The Morgan fingerprint density at radius 3 is 2.38 bits per heavy atom. The zero-order valence-electron chi connectivity index (χ0n) is 10.4. The molecule has 0 aliphatic carbocycles. The largest absolute Gasteiger partial charge is 0.292 e. The quantitative estimate of drug-likeness (QED) is 0.712. The second-order valence-electron chi connectivity index (χ2n) is 4.22. The van der Waals surface area contributed by atoms with E-state index in [4.69, 9.17) is 34.8 Å². The number of hydrogen-bond acceptors (Lipinski definition) is 2. The van der Waals surface area contributed by atoms with Gasteiger partial charge in [-0.15, -0.1) is 0 Å². The van der Waals surface area contributed by atoms with E-state index in [0.29, 0.717) is 10.6 Å². The molecule has 0 radical (unpaired) electrons. The summed E-state index contributed by atoms with van der Waals surface area (Å²) in [5, 5.41) is 9.92. The molecular weight excluding hydrogens is 336 g/mol. The van der Waals surface area contributed by atoms with Gasteiger partial charge in [0.1, 0.15) is 11.7 Å². The molecule has 0 saturated heterocycles. The van der Waals surface area contributed by atoms with Crippen molar-refractivity contribution in [2.24, 2.45) is 0 Å². The number of hydrogen-bond donors (Lipinski definition) is 0. The summed E-state index contributed by atoms with van der Waals surface area (Å²) in [5.41, 5.74) is 0.156. The molecule has 2 aromatic rings. The number of rotatable bonds is 3. The van der Waals surface area contributed by atoms with Crippen LogP contribution in [0.25, 0.3) is 0 Å². The van der Waals surface area contributed by atoms with Gasteiger partial charge in [-0.05, 0) is 35.9 Å². The molecule has 1 unspecified atom stereocenters. The van der Waals surface area contributed by atoms with Gasteiger partial charge in [0.05, 0.1) is 21.7 Å². The molecule has 1 atom stereocenters. The molecule has 0 aliphatic heterocycles. The van der Waals surface area contributed by atoms with Gasteiger partial charge in [-0.3, -0.25) is 4.79 Å². The molecule has 106 valence electrons. The van der Waals surface area contributed by atoms with Crippen LogP contribution < -0.4 is 0 Å². The van der Waals surface area contributed by atoms with Gasteiger partial charge in [0, 0.05) is 5.02 Å². The van der Waals surface area contributed by atoms with E-state index in [9.17, 15) is 14.4 Å². The van der Waals surface area contributed by atoms with Gasteiger partial charge in [0.15, 0.2) is 5.78 Å². The topological polar surface area (TPSA) is 40.9 Å². The zero-order chi connectivity index (χ0) is 15.6. The second-order valence-corrected chi connectivity index (χ2v) is 5.47. The highest BCUT2D eigenvalue weighted by molar-refractivity contribution is 6.42. The van der Waals surface area contributed by atoms with Crippen LogP contribution in [-0.2, 0) is 0 Å². The van der Waals surface area contributed by atoms with Crippen LogP contribution >= 0.6 is 34.8 Å². The van der Waals surface area contributed by atoms with Crippen LogP contribution in [0.5, 0.6) is 0 Å². The summed E-state index contributed by atoms with van der Waals surface area (Å²) in [6.45, 7) is 0. The van der Waals surface area contributed by atoms with Gasteiger partial charge < -0.3 is 0 Å². The van der Waals surface area contributed by atoms with Crippen molar-refractivity contribution in [2.75, 3.05) is 0 Å². The van der Waals surface area contributed by atoms with Crippen molar-refractivity contribution in [3.05, 3.63) is 68.4 Å². The average molecular weight is 343 g/mol. The maximum absolute atomic E-state index is 13.8. The fourth-order valence-corrected chi connectivity index (χ4v) is 2.29. The Morgan fingerprint density at radius 1 is 1.10 bits per heavy atom. The first-order valence-corrected chi connectivity index (χ1v) is 6.91. The molecule has 2 nitrogen and oxygen atoms in total. The Hall–Kier alpha value is -1.60. The molecule has 0 bridgehead atoms. The number of halogens is 4. The normalized spacial score (nSPS) is 11.8. The van der Waals surface area contributed by atoms with E-state index in [-0.39, 0.29) is 15.6 Å². The van der Waals surface area contributed by atoms with Gasteiger partial charge in [-0.25, -0.2) is 4.39 Å². The molecule has 0 saturated carbocycles. The van der Waals surface area contributed by atoms with Crippen LogP contribution in [0.15, 0.2) is 36.4 Å². The standard InChI is InChI=1S/C15H7Cl3FNO/c16-9-2-3-10(14(19)6-9)15(21)11(7-20)8-1-4-12(17)13(18)5-8/h1-6,11H. The summed E-state index contributed by atoms with van der Waals surface area (Å²) in [5.74, 6) is -2.60. The molecule has 0 heterocycles. The molecule has 0 N–H and O–H groups in total. The van der Waals surface area contributed by atoms with Crippen molar-refractivity contribution in [3.8, 4) is 6.07 Å². The Bertz CT molecular complexity index is 755. The summed E-state index contributed by atoms with van der Waals surface area (Å²) < 4.78 is 13.8. The number of carbonyl (C=O) groups is 1. The minimum atomic E-state index is -1.17. The maximum Gasteiger partial charge on any atom is 0.187 e. The third kappa shape index (κ3) is 3.36. The van der Waals surface area contributed by atoms with E-state index in [1.165, 1.54) is 30.3 Å². The van der Waals surface area contributed by atoms with Gasteiger partial charge in [0.25, 0.3) is 0 Å². The Morgan fingerprint density at radius 2 is 1.81 bits per heavy atom. The number of nitriles is 1. The van der Waals surface area contributed by atoms with E-state index < -0.39 is 17.5 Å². The van der Waals surface area contributed by atoms with Crippen molar-refractivity contribution in [1.29, 1.82) is 5.26 Å². The Balaban J connectivity index is 2.43. The van der Waals surface area contributed by atoms with E-state index in [2.05, 4.69) is 0 Å². The van der Waals surface area contributed by atoms with Crippen LogP contribution in [0, 0.1) is 17.1 Å². The molecule has 2 rings (SSSR count). The lowest BCUT2D eigenvalue weighted by atomic mass is 9.91. The van der Waals surface area contributed by atoms with Gasteiger partial charge in [-0.1, -0.05) is 40.9 Å². The van der Waals surface area contributed by atoms with Crippen LogP contribution in [0.3, 0.4) is 0 Å². The molecule has 6 heteroatoms. The fourth-order valence-electron chi connectivity index (χ4n) is 1.82. The number of nitrogens with zero attached hydrogens (tertiary/aromatic N) is 1. The first-order valence-electron chi connectivity index (χ1n) is 5.78. The third-order valence-corrected chi connectivity index (χ3v) is 3.84. The number of benzene rings is 2. The van der Waals surface area contributed by atoms with Crippen molar-refractivity contribution in [2.45, 2.75) is 5.92 Å². The van der Waals surface area contributed by atoms with Crippen molar-refractivity contribution in [1.82, 2.24) is 0 Å². The van der Waals surface area contributed by atoms with Crippen LogP contribution in [0.4, 0.5) is 4.39 Å². The molecule has 0 spiro atoms. The van der Waals surface area contributed by atoms with Crippen molar-refractivity contribution >= 4 is 40.6 Å². The fraction of sp³-hybridized carbons (Fsp3) is 0.0667. The molecular formula is C15H7Cl3FNO. The summed E-state index contributed by atoms with van der Waals surface area (Å²) in [6.07, 6.45) is 0. The molecule has 21 heavy (non-hydrogen) atoms. The molecule has 0 amide bonds. The third-order valence-electron chi connectivity index (χ3n) is 2.86. The molecule has 0 aliphatic rings. The number of carbonyl (C=O) groups excluding carboxylic acids is 1. The van der Waals surface area contributed by atoms with Gasteiger partial charge >= 0.3 is 0 Å². The van der Waals surface area contributed by atoms with Crippen molar-refractivity contribution < 1.29 is 9.18 Å². The minimum Gasteiger partial charge on any atom is -0.292 e.